The molecule has 1 aliphatic heterocycles. The minimum Gasteiger partial charge on any atom is -0.398 e. The molecular formula is C14H20N2O3S. The summed E-state index contributed by atoms with van der Waals surface area (Å²) >= 11 is 0. The monoisotopic (exact) mass is 296 g/mol. The predicted octanol–water partition coefficient (Wildman–Crippen LogP) is 1.29. The highest BCUT2D eigenvalue weighted by Crippen LogP contribution is 2.34. The number of rotatable bonds is 2. The fourth-order valence-corrected chi connectivity index (χ4v) is 2.70. The van der Waals surface area contributed by atoms with Gasteiger partial charge in [-0.3, -0.25) is 4.79 Å². The van der Waals surface area contributed by atoms with E-state index >= 15 is 0 Å². The van der Waals surface area contributed by atoms with Gasteiger partial charge in [-0.15, -0.1) is 0 Å². The number of sulfone groups is 1. The smallest absolute Gasteiger partial charge is 0.247 e. The topological polar surface area (TPSA) is 80.5 Å². The Balaban J connectivity index is 2.45. The summed E-state index contributed by atoms with van der Waals surface area (Å²) in [4.78, 5) is 14.1. The minimum atomic E-state index is -3.48. The summed E-state index contributed by atoms with van der Waals surface area (Å²) < 4.78 is 22.2. The molecule has 5 nitrogen and oxygen atoms in total. The van der Waals surface area contributed by atoms with E-state index in [2.05, 4.69) is 0 Å². The van der Waals surface area contributed by atoms with Crippen molar-refractivity contribution in [2.45, 2.75) is 31.9 Å². The number of amides is 1. The third kappa shape index (κ3) is 2.18. The van der Waals surface area contributed by atoms with E-state index in [1.54, 1.807) is 6.07 Å². The Bertz CT molecular complexity index is 678. The summed E-state index contributed by atoms with van der Waals surface area (Å²) in [6.45, 7) is 5.30. The first-order chi connectivity index (χ1) is 9.05. The molecule has 0 fully saturated rings. The molecule has 0 unspecified atom stereocenters. The maximum Gasteiger partial charge on any atom is 0.247 e. The number of nitrogens with zero attached hydrogens (tertiary/aromatic N) is 1. The van der Waals surface area contributed by atoms with Crippen molar-refractivity contribution in [3.63, 3.8) is 0 Å². The van der Waals surface area contributed by atoms with Crippen molar-refractivity contribution >= 4 is 27.1 Å². The van der Waals surface area contributed by atoms with E-state index in [4.69, 9.17) is 5.73 Å². The zero-order valence-electron chi connectivity index (χ0n) is 12.2. The van der Waals surface area contributed by atoms with Crippen molar-refractivity contribution in [2.75, 3.05) is 23.4 Å². The molecule has 0 aromatic heterocycles. The molecule has 1 aromatic carbocycles. The van der Waals surface area contributed by atoms with Crippen LogP contribution in [0.3, 0.4) is 0 Å². The number of carbonyl (C=O) groups is 1. The first-order valence-corrected chi connectivity index (χ1v) is 8.35. The lowest BCUT2D eigenvalue weighted by Crippen LogP contribution is -2.49. The largest absolute Gasteiger partial charge is 0.398 e. The molecule has 1 amide bonds. The van der Waals surface area contributed by atoms with Crippen LogP contribution in [0.5, 0.6) is 0 Å². The fourth-order valence-electron chi connectivity index (χ4n) is 2.27. The second-order valence-corrected chi connectivity index (χ2v) is 8.39. The SMILES string of the molecule is Cc1cc2c(cc1N)N(C(=O)C(C)(C)S(C)(=O)=O)CC2. The third-order valence-corrected chi connectivity index (χ3v) is 6.08. The van der Waals surface area contributed by atoms with E-state index < -0.39 is 20.5 Å². The number of hydrogen-bond donors (Lipinski definition) is 1. The van der Waals surface area contributed by atoms with Gasteiger partial charge in [0.15, 0.2) is 9.84 Å². The zero-order chi connectivity index (χ0) is 15.3. The van der Waals surface area contributed by atoms with Gasteiger partial charge in [0.1, 0.15) is 4.75 Å². The highest BCUT2D eigenvalue weighted by molar-refractivity contribution is 7.92. The molecule has 0 radical (unpaired) electrons. The number of carbonyl (C=O) groups excluding carboxylic acids is 1. The summed E-state index contributed by atoms with van der Waals surface area (Å²) in [5.41, 5.74) is 9.25. The molecule has 6 heteroatoms. The van der Waals surface area contributed by atoms with Crippen LogP contribution in [0.1, 0.15) is 25.0 Å². The van der Waals surface area contributed by atoms with Crippen LogP contribution in [0.2, 0.25) is 0 Å². The molecule has 1 aliphatic rings. The van der Waals surface area contributed by atoms with Gasteiger partial charge in [-0.1, -0.05) is 6.07 Å². The third-order valence-electron chi connectivity index (χ3n) is 4.05. The maximum absolute atomic E-state index is 12.6. The van der Waals surface area contributed by atoms with E-state index in [1.165, 1.54) is 18.7 Å². The normalized spacial score (nSPS) is 15.3. The molecule has 1 aromatic rings. The van der Waals surface area contributed by atoms with Crippen molar-refractivity contribution in [1.29, 1.82) is 0 Å². The quantitative estimate of drug-likeness (QED) is 0.834. The number of nitrogens with two attached hydrogens (primary N) is 1. The number of aryl methyl sites for hydroxylation is 1. The lowest BCUT2D eigenvalue weighted by atomic mass is 10.1. The van der Waals surface area contributed by atoms with E-state index in [1.807, 2.05) is 13.0 Å². The number of fused-ring (bicyclic) bond motifs is 1. The first kappa shape index (κ1) is 14.8. The Morgan fingerprint density at radius 2 is 1.95 bits per heavy atom. The Morgan fingerprint density at radius 1 is 1.35 bits per heavy atom. The molecule has 2 rings (SSSR count). The van der Waals surface area contributed by atoms with Crippen molar-refractivity contribution in [3.05, 3.63) is 23.3 Å². The Labute approximate surface area is 119 Å². The summed E-state index contributed by atoms with van der Waals surface area (Å²) in [5.74, 6) is -0.401. The van der Waals surface area contributed by atoms with Crippen molar-refractivity contribution in [1.82, 2.24) is 0 Å². The highest BCUT2D eigenvalue weighted by atomic mass is 32.2. The minimum absolute atomic E-state index is 0.401. The molecule has 0 atom stereocenters. The Morgan fingerprint density at radius 3 is 2.50 bits per heavy atom. The second kappa shape index (κ2) is 4.48. The van der Waals surface area contributed by atoms with Crippen LogP contribution in [0.15, 0.2) is 12.1 Å². The average molecular weight is 296 g/mol. The van der Waals surface area contributed by atoms with Gasteiger partial charge in [0, 0.05) is 24.2 Å². The molecular weight excluding hydrogens is 276 g/mol. The van der Waals surface area contributed by atoms with Crippen LogP contribution in [0.25, 0.3) is 0 Å². The van der Waals surface area contributed by atoms with Crippen molar-refractivity contribution in [3.8, 4) is 0 Å². The molecule has 20 heavy (non-hydrogen) atoms. The van der Waals surface area contributed by atoms with Gasteiger partial charge in [0.05, 0.1) is 0 Å². The molecule has 0 aliphatic carbocycles. The highest BCUT2D eigenvalue weighted by Gasteiger charge is 2.43. The van der Waals surface area contributed by atoms with E-state index in [9.17, 15) is 13.2 Å². The fraction of sp³-hybridized carbons (Fsp3) is 0.500. The van der Waals surface area contributed by atoms with Crippen LogP contribution in [-0.4, -0.2) is 31.9 Å². The molecule has 0 saturated heterocycles. The van der Waals surface area contributed by atoms with Crippen LogP contribution < -0.4 is 10.6 Å². The van der Waals surface area contributed by atoms with E-state index in [-0.39, 0.29) is 0 Å². The van der Waals surface area contributed by atoms with E-state index in [0.717, 1.165) is 29.5 Å². The van der Waals surface area contributed by atoms with Gasteiger partial charge in [0.2, 0.25) is 5.91 Å². The standard InChI is InChI=1S/C14H20N2O3S/c1-9-7-10-5-6-16(12(10)8-11(9)15)13(17)14(2,3)20(4,18)19/h7-8H,5-6,15H2,1-4H3. The van der Waals surface area contributed by atoms with Gasteiger partial charge in [-0.25, -0.2) is 8.42 Å². The van der Waals surface area contributed by atoms with Crippen molar-refractivity contribution < 1.29 is 13.2 Å². The summed E-state index contributed by atoms with van der Waals surface area (Å²) in [7, 11) is -3.48. The van der Waals surface area contributed by atoms with Crippen LogP contribution >= 0.6 is 0 Å². The number of benzene rings is 1. The van der Waals surface area contributed by atoms with Crippen LogP contribution in [0.4, 0.5) is 11.4 Å². The molecule has 0 spiro atoms. The van der Waals surface area contributed by atoms with Gasteiger partial charge < -0.3 is 10.6 Å². The zero-order valence-corrected chi connectivity index (χ0v) is 13.0. The van der Waals surface area contributed by atoms with Crippen molar-refractivity contribution in [2.24, 2.45) is 0 Å². The Hall–Kier alpha value is -1.56. The summed E-state index contributed by atoms with van der Waals surface area (Å²) in [5, 5.41) is 0. The molecule has 2 N–H and O–H groups in total. The van der Waals surface area contributed by atoms with Crippen LogP contribution in [-0.2, 0) is 21.1 Å². The molecule has 0 saturated carbocycles. The Kier molecular flexibility index (Phi) is 3.32. The van der Waals surface area contributed by atoms with Crippen LogP contribution in [0, 0.1) is 6.92 Å². The predicted molar refractivity (Wildman–Crippen MR) is 80.6 cm³/mol. The summed E-state index contributed by atoms with van der Waals surface area (Å²) in [6.07, 6.45) is 1.81. The number of hydrogen-bond acceptors (Lipinski definition) is 4. The maximum atomic E-state index is 12.6. The molecule has 1 heterocycles. The lowest BCUT2D eigenvalue weighted by Gasteiger charge is -2.28. The summed E-state index contributed by atoms with van der Waals surface area (Å²) in [6, 6.07) is 3.72. The second-order valence-electron chi connectivity index (χ2n) is 5.83. The first-order valence-electron chi connectivity index (χ1n) is 6.46. The molecule has 0 bridgehead atoms. The average Bonchev–Trinajstić information content (AvgIpc) is 2.70. The van der Waals surface area contributed by atoms with Gasteiger partial charge in [-0.2, -0.15) is 0 Å². The van der Waals surface area contributed by atoms with E-state index in [0.29, 0.717) is 12.2 Å². The molecule has 110 valence electrons. The van der Waals surface area contributed by atoms with Gasteiger partial charge in [0.25, 0.3) is 0 Å². The van der Waals surface area contributed by atoms with Gasteiger partial charge in [-0.05, 0) is 44.4 Å². The van der Waals surface area contributed by atoms with Gasteiger partial charge >= 0.3 is 0 Å². The number of anilines is 2. The number of nitrogen functional groups attached to an aromatic ring is 1. The lowest BCUT2D eigenvalue weighted by molar-refractivity contribution is -0.120.